The Hall–Kier alpha value is -2.15. The monoisotopic (exact) mass is 201 g/mol. The number of nitrogens with zero attached hydrogens (tertiary/aromatic N) is 2. The van der Waals surface area contributed by atoms with Crippen LogP contribution < -0.4 is 5.43 Å². The highest BCUT2D eigenvalue weighted by Gasteiger charge is 2.03. The Balaban J connectivity index is 2.76. The molecule has 0 aliphatic carbocycles. The first-order valence-electron chi connectivity index (χ1n) is 4.42. The van der Waals surface area contributed by atoms with E-state index in [1.54, 1.807) is 38.1 Å². The predicted molar refractivity (Wildman–Crippen MR) is 59.0 cm³/mol. The summed E-state index contributed by atoms with van der Waals surface area (Å²) in [6.07, 6.45) is 0. The van der Waals surface area contributed by atoms with E-state index in [0.717, 1.165) is 5.71 Å². The summed E-state index contributed by atoms with van der Waals surface area (Å²) in [5.74, 6) is -0.271. The molecule has 1 amide bonds. The molecule has 0 saturated heterocycles. The first-order valence-corrected chi connectivity index (χ1v) is 4.42. The Morgan fingerprint density at radius 1 is 1.33 bits per heavy atom. The van der Waals surface area contributed by atoms with Crippen molar-refractivity contribution in [2.45, 2.75) is 13.8 Å². The summed E-state index contributed by atoms with van der Waals surface area (Å²) >= 11 is 0. The topological polar surface area (TPSA) is 45.8 Å². The zero-order valence-electron chi connectivity index (χ0n) is 8.61. The maximum atomic E-state index is 11.5. The largest absolute Gasteiger partial charge is 0.271 e. The number of amides is 1. The lowest BCUT2D eigenvalue weighted by Gasteiger charge is -2.00. The van der Waals surface area contributed by atoms with E-state index in [1.165, 1.54) is 0 Å². The molecule has 4 heteroatoms. The van der Waals surface area contributed by atoms with Gasteiger partial charge < -0.3 is 0 Å². The summed E-state index contributed by atoms with van der Waals surface area (Å²) in [6, 6.07) is 6.40. The van der Waals surface area contributed by atoms with Crippen LogP contribution in [0.15, 0.2) is 29.4 Å². The van der Waals surface area contributed by atoms with Crippen LogP contribution in [0.5, 0.6) is 0 Å². The van der Waals surface area contributed by atoms with Gasteiger partial charge in [-0.1, -0.05) is 24.3 Å². The Morgan fingerprint density at radius 3 is 2.40 bits per heavy atom. The first kappa shape index (κ1) is 10.9. The van der Waals surface area contributed by atoms with Crippen molar-refractivity contribution in [3.05, 3.63) is 41.2 Å². The van der Waals surface area contributed by atoms with Crippen molar-refractivity contribution < 1.29 is 4.79 Å². The molecule has 0 bridgehead atoms. The van der Waals surface area contributed by atoms with E-state index >= 15 is 0 Å². The third kappa shape index (κ3) is 3.24. The molecule has 1 rings (SSSR count). The average molecular weight is 201 g/mol. The van der Waals surface area contributed by atoms with E-state index in [9.17, 15) is 4.79 Å². The highest BCUT2D eigenvalue weighted by molar-refractivity contribution is 5.95. The summed E-state index contributed by atoms with van der Waals surface area (Å²) < 4.78 is 0. The van der Waals surface area contributed by atoms with Crippen LogP contribution in [0.25, 0.3) is 4.85 Å². The van der Waals surface area contributed by atoms with Crippen molar-refractivity contribution in [3.8, 4) is 0 Å². The summed E-state index contributed by atoms with van der Waals surface area (Å²) in [7, 11) is 0. The zero-order valence-corrected chi connectivity index (χ0v) is 8.61. The molecule has 15 heavy (non-hydrogen) atoms. The Kier molecular flexibility index (Phi) is 3.58. The molecule has 0 fully saturated rings. The maximum Gasteiger partial charge on any atom is 0.271 e. The minimum Gasteiger partial charge on any atom is -0.267 e. The van der Waals surface area contributed by atoms with E-state index in [-0.39, 0.29) is 5.91 Å². The van der Waals surface area contributed by atoms with Crippen molar-refractivity contribution in [2.75, 3.05) is 0 Å². The second-order valence-electron chi connectivity index (χ2n) is 3.16. The molecule has 1 aromatic carbocycles. The van der Waals surface area contributed by atoms with Gasteiger partial charge in [0.15, 0.2) is 5.69 Å². The van der Waals surface area contributed by atoms with Crippen molar-refractivity contribution in [1.29, 1.82) is 0 Å². The van der Waals surface area contributed by atoms with Gasteiger partial charge >= 0.3 is 0 Å². The van der Waals surface area contributed by atoms with Crippen LogP contribution in [0.1, 0.15) is 24.2 Å². The molecule has 0 heterocycles. The highest BCUT2D eigenvalue weighted by Crippen LogP contribution is 2.12. The van der Waals surface area contributed by atoms with Gasteiger partial charge in [0.2, 0.25) is 0 Å². The smallest absolute Gasteiger partial charge is 0.267 e. The predicted octanol–water partition coefficient (Wildman–Crippen LogP) is 2.36. The van der Waals surface area contributed by atoms with E-state index in [4.69, 9.17) is 6.57 Å². The van der Waals surface area contributed by atoms with Gasteiger partial charge in [0.25, 0.3) is 5.91 Å². The molecule has 0 aliphatic heterocycles. The average Bonchev–Trinajstić information content (AvgIpc) is 2.26. The summed E-state index contributed by atoms with van der Waals surface area (Å²) in [5, 5.41) is 3.80. The molecule has 76 valence electrons. The number of hydrazone groups is 1. The number of rotatable bonds is 2. The van der Waals surface area contributed by atoms with E-state index < -0.39 is 0 Å². The SMILES string of the molecule is [C-]#[N+]c1ccc(C(=O)NN=C(C)C)cc1. The number of benzene rings is 1. The van der Waals surface area contributed by atoms with Crippen LogP contribution in [0.2, 0.25) is 0 Å². The second-order valence-corrected chi connectivity index (χ2v) is 3.16. The molecule has 4 nitrogen and oxygen atoms in total. The van der Waals surface area contributed by atoms with Crippen LogP contribution in [0.3, 0.4) is 0 Å². The Bertz CT molecular complexity index is 422. The zero-order chi connectivity index (χ0) is 11.3. The Morgan fingerprint density at radius 2 is 1.93 bits per heavy atom. The minimum atomic E-state index is -0.271. The van der Waals surface area contributed by atoms with Crippen LogP contribution in [0, 0.1) is 6.57 Å². The fourth-order valence-electron chi connectivity index (χ4n) is 0.914. The molecule has 1 aromatic rings. The molecule has 0 aromatic heterocycles. The fraction of sp³-hybridized carbons (Fsp3) is 0.182. The van der Waals surface area contributed by atoms with E-state index in [1.807, 2.05) is 0 Å². The van der Waals surface area contributed by atoms with Crippen molar-refractivity contribution >= 4 is 17.3 Å². The lowest BCUT2D eigenvalue weighted by molar-refractivity contribution is 0.0955. The lowest BCUT2D eigenvalue weighted by Crippen LogP contribution is -2.18. The number of hydrogen-bond acceptors (Lipinski definition) is 2. The van der Waals surface area contributed by atoms with Gasteiger partial charge in [-0.3, -0.25) is 4.79 Å². The van der Waals surface area contributed by atoms with Gasteiger partial charge in [0.05, 0.1) is 6.57 Å². The standard InChI is InChI=1S/C11H11N3O/c1-8(2)13-14-11(15)9-4-6-10(12-3)7-5-9/h4-7H,1-2H3,(H,14,15). The number of hydrogen-bond donors (Lipinski definition) is 1. The normalized spacial score (nSPS) is 8.87. The third-order valence-corrected chi connectivity index (χ3v) is 1.64. The van der Waals surface area contributed by atoms with Gasteiger partial charge in [-0.15, -0.1) is 0 Å². The second kappa shape index (κ2) is 4.91. The lowest BCUT2D eigenvalue weighted by atomic mass is 10.2. The molecule has 0 unspecified atom stereocenters. The van der Waals surface area contributed by atoms with Crippen LogP contribution >= 0.6 is 0 Å². The molecular formula is C11H11N3O. The molecule has 1 N–H and O–H groups in total. The van der Waals surface area contributed by atoms with Gasteiger partial charge in [0.1, 0.15) is 0 Å². The van der Waals surface area contributed by atoms with E-state index in [2.05, 4.69) is 15.4 Å². The third-order valence-electron chi connectivity index (χ3n) is 1.64. The van der Waals surface area contributed by atoms with Gasteiger partial charge in [-0.05, 0) is 13.8 Å². The molecule has 0 saturated carbocycles. The van der Waals surface area contributed by atoms with Crippen LogP contribution in [-0.4, -0.2) is 11.6 Å². The number of carbonyl (C=O) groups excluding carboxylic acids is 1. The van der Waals surface area contributed by atoms with Crippen molar-refractivity contribution in [3.63, 3.8) is 0 Å². The summed E-state index contributed by atoms with van der Waals surface area (Å²) in [6.45, 7) is 10.3. The maximum absolute atomic E-state index is 11.5. The molecule has 0 aliphatic rings. The molecular weight excluding hydrogens is 190 g/mol. The van der Waals surface area contributed by atoms with Gasteiger partial charge in [-0.25, -0.2) is 10.3 Å². The van der Waals surface area contributed by atoms with Gasteiger partial charge in [0, 0.05) is 11.3 Å². The van der Waals surface area contributed by atoms with Crippen LogP contribution in [-0.2, 0) is 0 Å². The quantitative estimate of drug-likeness (QED) is 0.445. The van der Waals surface area contributed by atoms with Crippen molar-refractivity contribution in [2.24, 2.45) is 5.10 Å². The highest BCUT2D eigenvalue weighted by atomic mass is 16.2. The summed E-state index contributed by atoms with van der Waals surface area (Å²) in [4.78, 5) is 14.7. The molecule has 0 radical (unpaired) electrons. The van der Waals surface area contributed by atoms with Gasteiger partial charge in [-0.2, -0.15) is 5.10 Å². The number of carbonyl (C=O) groups is 1. The molecule has 0 spiro atoms. The molecule has 0 atom stereocenters. The van der Waals surface area contributed by atoms with E-state index in [0.29, 0.717) is 11.3 Å². The van der Waals surface area contributed by atoms with Crippen molar-refractivity contribution in [1.82, 2.24) is 5.43 Å². The fourth-order valence-corrected chi connectivity index (χ4v) is 0.914. The minimum absolute atomic E-state index is 0.271. The number of nitrogens with one attached hydrogen (secondary N) is 1. The first-order chi connectivity index (χ1) is 7.13. The Labute approximate surface area is 88.4 Å². The summed E-state index contributed by atoms with van der Waals surface area (Å²) in [5.41, 5.74) is 4.19. The van der Waals surface area contributed by atoms with Crippen LogP contribution in [0.4, 0.5) is 5.69 Å².